The molecule has 0 aliphatic rings. The number of nitrogens with one attached hydrogen (secondary N) is 1. The van der Waals surface area contributed by atoms with Crippen LogP contribution >= 0.6 is 11.6 Å². The zero-order valence-electron chi connectivity index (χ0n) is 12.5. The lowest BCUT2D eigenvalue weighted by Gasteiger charge is -2.15. The van der Waals surface area contributed by atoms with Crippen molar-refractivity contribution in [2.75, 3.05) is 5.32 Å². The Hall–Kier alpha value is -2.16. The monoisotopic (exact) mass is 372 g/mol. The van der Waals surface area contributed by atoms with Crippen molar-refractivity contribution in [1.29, 1.82) is 0 Å². The van der Waals surface area contributed by atoms with Gasteiger partial charge >= 0.3 is 0 Å². The number of benzene rings is 2. The molecule has 6 nitrogen and oxygen atoms in total. The Balaban J connectivity index is 2.07. The van der Waals surface area contributed by atoms with Gasteiger partial charge < -0.3 is 10.1 Å². The van der Waals surface area contributed by atoms with Gasteiger partial charge in [-0.3, -0.25) is 4.79 Å². The molecule has 0 saturated heterocycles. The van der Waals surface area contributed by atoms with Gasteiger partial charge in [0.15, 0.2) is 6.10 Å². The fourth-order valence-electron chi connectivity index (χ4n) is 1.80. The number of sulfonamides is 1. The highest BCUT2D eigenvalue weighted by atomic mass is 35.5. The van der Waals surface area contributed by atoms with Crippen LogP contribution in [0, 0.1) is 5.82 Å². The van der Waals surface area contributed by atoms with E-state index < -0.39 is 27.9 Å². The molecular weight excluding hydrogens is 359 g/mol. The van der Waals surface area contributed by atoms with Crippen LogP contribution in [-0.4, -0.2) is 20.4 Å². The molecule has 0 fully saturated rings. The number of rotatable bonds is 5. The molecule has 0 aliphatic heterocycles. The van der Waals surface area contributed by atoms with E-state index in [0.29, 0.717) is 0 Å². The number of primary sulfonamides is 1. The van der Waals surface area contributed by atoms with Gasteiger partial charge in [0.2, 0.25) is 10.0 Å². The summed E-state index contributed by atoms with van der Waals surface area (Å²) in [5.41, 5.74) is 0.249. The van der Waals surface area contributed by atoms with E-state index in [1.165, 1.54) is 43.3 Å². The van der Waals surface area contributed by atoms with Crippen molar-refractivity contribution in [3.8, 4) is 5.75 Å². The van der Waals surface area contributed by atoms with Crippen LogP contribution in [0.5, 0.6) is 5.75 Å². The number of amides is 1. The lowest BCUT2D eigenvalue weighted by molar-refractivity contribution is -0.122. The summed E-state index contributed by atoms with van der Waals surface area (Å²) in [5, 5.41) is 7.42. The van der Waals surface area contributed by atoms with Gasteiger partial charge in [0.1, 0.15) is 11.6 Å². The highest BCUT2D eigenvalue weighted by Crippen LogP contribution is 2.22. The van der Waals surface area contributed by atoms with Crippen molar-refractivity contribution in [3.05, 3.63) is 53.3 Å². The summed E-state index contributed by atoms with van der Waals surface area (Å²) >= 11 is 5.64. The Bertz CT molecular complexity index is 874. The average molecular weight is 373 g/mol. The molecule has 3 N–H and O–H groups in total. The van der Waals surface area contributed by atoms with Crippen molar-refractivity contribution in [2.24, 2.45) is 5.14 Å². The topological polar surface area (TPSA) is 98.5 Å². The van der Waals surface area contributed by atoms with Crippen LogP contribution < -0.4 is 15.2 Å². The minimum Gasteiger partial charge on any atom is -0.481 e. The minimum absolute atomic E-state index is 0.124. The lowest BCUT2D eigenvalue weighted by Crippen LogP contribution is -2.30. The third kappa shape index (κ3) is 4.67. The molecule has 2 aromatic rings. The van der Waals surface area contributed by atoms with Gasteiger partial charge in [-0.05, 0) is 37.3 Å². The van der Waals surface area contributed by atoms with Gasteiger partial charge in [-0.1, -0.05) is 17.7 Å². The molecule has 2 rings (SSSR count). The van der Waals surface area contributed by atoms with Gasteiger partial charge in [-0.2, -0.15) is 0 Å². The predicted octanol–water partition coefficient (Wildman–Crippen LogP) is 2.53. The van der Waals surface area contributed by atoms with E-state index in [1.54, 1.807) is 0 Å². The number of carbonyl (C=O) groups is 1. The Morgan fingerprint density at radius 1 is 1.29 bits per heavy atom. The minimum atomic E-state index is -3.87. The smallest absolute Gasteiger partial charge is 0.265 e. The van der Waals surface area contributed by atoms with E-state index in [4.69, 9.17) is 21.5 Å². The van der Waals surface area contributed by atoms with Crippen molar-refractivity contribution in [1.82, 2.24) is 0 Å². The largest absolute Gasteiger partial charge is 0.481 e. The number of nitrogens with two attached hydrogens (primary N) is 1. The van der Waals surface area contributed by atoms with Gasteiger partial charge in [-0.25, -0.2) is 17.9 Å². The summed E-state index contributed by atoms with van der Waals surface area (Å²) in [6.07, 6.45) is -0.926. The zero-order chi connectivity index (χ0) is 17.9. The first-order valence-electron chi connectivity index (χ1n) is 6.72. The summed E-state index contributed by atoms with van der Waals surface area (Å²) in [6.45, 7) is 1.48. The van der Waals surface area contributed by atoms with Crippen molar-refractivity contribution >= 4 is 33.2 Å². The molecule has 0 bridgehead atoms. The second-order valence-electron chi connectivity index (χ2n) is 4.90. The highest BCUT2D eigenvalue weighted by Gasteiger charge is 2.16. The summed E-state index contributed by atoms with van der Waals surface area (Å²) in [7, 11) is -3.87. The van der Waals surface area contributed by atoms with Crippen LogP contribution in [0.1, 0.15) is 6.92 Å². The van der Waals surface area contributed by atoms with Gasteiger partial charge in [0, 0.05) is 11.8 Å². The Labute approximate surface area is 143 Å². The first kappa shape index (κ1) is 18.2. The lowest BCUT2D eigenvalue weighted by atomic mass is 10.3. The number of carbonyl (C=O) groups excluding carboxylic acids is 1. The SMILES string of the molecule is C[C@@H](Oc1ccc(F)c(Cl)c1)C(=O)Nc1cccc(S(N)(=O)=O)c1. The van der Waals surface area contributed by atoms with Crippen molar-refractivity contribution < 1.29 is 22.3 Å². The number of hydrogen-bond donors (Lipinski definition) is 2. The molecule has 1 amide bonds. The molecule has 0 radical (unpaired) electrons. The fourth-order valence-corrected chi connectivity index (χ4v) is 2.53. The third-order valence-corrected chi connectivity index (χ3v) is 4.20. The number of ether oxygens (including phenoxy) is 1. The average Bonchev–Trinajstić information content (AvgIpc) is 2.50. The molecule has 2 aromatic carbocycles. The van der Waals surface area contributed by atoms with Gasteiger partial charge in [-0.15, -0.1) is 0 Å². The number of hydrogen-bond acceptors (Lipinski definition) is 4. The molecule has 0 aliphatic carbocycles. The summed E-state index contributed by atoms with van der Waals surface area (Å²) < 4.78 is 41.1. The second-order valence-corrected chi connectivity index (χ2v) is 6.87. The molecule has 0 heterocycles. The summed E-state index contributed by atoms with van der Waals surface area (Å²) in [5.74, 6) is -0.898. The molecule has 0 spiro atoms. The van der Waals surface area contributed by atoms with E-state index in [0.717, 1.165) is 6.07 Å². The van der Waals surface area contributed by atoms with E-state index >= 15 is 0 Å². The first-order valence-corrected chi connectivity index (χ1v) is 8.64. The maximum Gasteiger partial charge on any atom is 0.265 e. The van der Waals surface area contributed by atoms with E-state index in [2.05, 4.69) is 5.32 Å². The van der Waals surface area contributed by atoms with Crippen molar-refractivity contribution in [3.63, 3.8) is 0 Å². The molecule has 128 valence electrons. The molecule has 0 saturated carbocycles. The normalized spacial score (nSPS) is 12.5. The molecule has 1 atom stereocenters. The van der Waals surface area contributed by atoms with Crippen LogP contribution in [0.15, 0.2) is 47.4 Å². The quantitative estimate of drug-likeness (QED) is 0.842. The molecular formula is C15H14ClFN2O4S. The third-order valence-electron chi connectivity index (χ3n) is 3.00. The highest BCUT2D eigenvalue weighted by molar-refractivity contribution is 7.89. The molecule has 0 unspecified atom stereocenters. The number of anilines is 1. The van der Waals surface area contributed by atoms with Crippen LogP contribution in [0.3, 0.4) is 0 Å². The van der Waals surface area contributed by atoms with Crippen molar-refractivity contribution in [2.45, 2.75) is 17.9 Å². The van der Waals surface area contributed by atoms with Crippen LogP contribution in [0.4, 0.5) is 10.1 Å². The van der Waals surface area contributed by atoms with E-state index in [9.17, 15) is 17.6 Å². The Kier molecular flexibility index (Phi) is 5.43. The predicted molar refractivity (Wildman–Crippen MR) is 87.9 cm³/mol. The zero-order valence-corrected chi connectivity index (χ0v) is 14.1. The maximum absolute atomic E-state index is 13.1. The molecule has 24 heavy (non-hydrogen) atoms. The second kappa shape index (κ2) is 7.16. The molecule has 9 heteroatoms. The fraction of sp³-hybridized carbons (Fsp3) is 0.133. The Morgan fingerprint density at radius 2 is 2.00 bits per heavy atom. The molecule has 0 aromatic heterocycles. The van der Waals surface area contributed by atoms with Crippen LogP contribution in [-0.2, 0) is 14.8 Å². The van der Waals surface area contributed by atoms with Crippen LogP contribution in [0.2, 0.25) is 5.02 Å². The first-order chi connectivity index (χ1) is 11.2. The van der Waals surface area contributed by atoms with Gasteiger partial charge in [0.25, 0.3) is 5.91 Å². The van der Waals surface area contributed by atoms with E-state index in [1.807, 2.05) is 0 Å². The summed E-state index contributed by atoms with van der Waals surface area (Å²) in [4.78, 5) is 12.0. The Morgan fingerprint density at radius 3 is 2.62 bits per heavy atom. The number of halogens is 2. The van der Waals surface area contributed by atoms with Crippen LogP contribution in [0.25, 0.3) is 0 Å². The van der Waals surface area contributed by atoms with E-state index in [-0.39, 0.29) is 21.4 Å². The summed E-state index contributed by atoms with van der Waals surface area (Å²) in [6, 6.07) is 9.21. The van der Waals surface area contributed by atoms with Gasteiger partial charge in [0.05, 0.1) is 9.92 Å². The maximum atomic E-state index is 13.1. The standard InChI is InChI=1S/C15H14ClFN2O4S/c1-9(23-11-5-6-14(17)13(16)8-11)15(20)19-10-3-2-4-12(7-10)24(18,21)22/h2-9H,1H3,(H,19,20)(H2,18,21,22)/t9-/m1/s1.